The maximum Gasteiger partial charge on any atom is 0.138 e. The molecule has 0 aliphatic carbocycles. The first-order valence-corrected chi connectivity index (χ1v) is 6.43. The molecule has 3 nitrogen and oxygen atoms in total. The van der Waals surface area contributed by atoms with Gasteiger partial charge in [0.15, 0.2) is 0 Å². The number of pyridine rings is 1. The van der Waals surface area contributed by atoms with E-state index < -0.39 is 0 Å². The van der Waals surface area contributed by atoms with E-state index in [9.17, 15) is 0 Å². The SMILES string of the molecule is Cc1ccccc1OCc1cnc2cccc(Cl)n12. The lowest BCUT2D eigenvalue weighted by Crippen LogP contribution is -2.01. The normalized spacial score (nSPS) is 10.8. The van der Waals surface area contributed by atoms with E-state index in [0.29, 0.717) is 11.8 Å². The number of aromatic nitrogens is 2. The summed E-state index contributed by atoms with van der Waals surface area (Å²) in [5.74, 6) is 0.879. The van der Waals surface area contributed by atoms with E-state index in [-0.39, 0.29) is 0 Å². The van der Waals surface area contributed by atoms with Crippen LogP contribution in [-0.2, 0) is 6.61 Å². The molecule has 96 valence electrons. The fraction of sp³-hybridized carbons (Fsp3) is 0.133. The zero-order valence-electron chi connectivity index (χ0n) is 10.5. The van der Waals surface area contributed by atoms with E-state index in [1.165, 1.54) is 0 Å². The quantitative estimate of drug-likeness (QED) is 0.677. The van der Waals surface area contributed by atoms with Crippen molar-refractivity contribution >= 4 is 17.2 Å². The maximum atomic E-state index is 6.18. The zero-order chi connectivity index (χ0) is 13.2. The predicted molar refractivity (Wildman–Crippen MR) is 75.7 cm³/mol. The Morgan fingerprint density at radius 1 is 1.16 bits per heavy atom. The Hall–Kier alpha value is -2.00. The number of nitrogens with zero attached hydrogens (tertiary/aromatic N) is 2. The lowest BCUT2D eigenvalue weighted by molar-refractivity contribution is 0.298. The van der Waals surface area contributed by atoms with E-state index in [1.807, 2.05) is 53.8 Å². The molecule has 1 aromatic carbocycles. The molecule has 0 bridgehead atoms. The standard InChI is InChI=1S/C15H13ClN2O/c1-11-5-2-3-6-13(11)19-10-12-9-17-15-8-4-7-14(16)18(12)15/h2-9H,10H2,1H3. The minimum atomic E-state index is 0.440. The van der Waals surface area contributed by atoms with Gasteiger partial charge in [-0.15, -0.1) is 0 Å². The van der Waals surface area contributed by atoms with Crippen molar-refractivity contribution in [3.63, 3.8) is 0 Å². The summed E-state index contributed by atoms with van der Waals surface area (Å²) in [7, 11) is 0. The number of para-hydroxylation sites is 1. The average Bonchev–Trinajstić information content (AvgIpc) is 2.83. The fourth-order valence-corrected chi connectivity index (χ4v) is 2.30. The molecular formula is C15H13ClN2O. The number of ether oxygens (including phenoxy) is 1. The molecule has 3 aromatic rings. The van der Waals surface area contributed by atoms with Gasteiger partial charge in [-0.2, -0.15) is 0 Å². The van der Waals surface area contributed by atoms with Gasteiger partial charge >= 0.3 is 0 Å². The topological polar surface area (TPSA) is 26.5 Å². The third kappa shape index (κ3) is 2.29. The summed E-state index contributed by atoms with van der Waals surface area (Å²) >= 11 is 6.18. The van der Waals surface area contributed by atoms with E-state index >= 15 is 0 Å². The maximum absolute atomic E-state index is 6.18. The van der Waals surface area contributed by atoms with Crippen LogP contribution in [0.1, 0.15) is 11.3 Å². The fourth-order valence-electron chi connectivity index (χ4n) is 2.03. The molecule has 0 spiro atoms. The molecule has 0 saturated carbocycles. The molecule has 4 heteroatoms. The van der Waals surface area contributed by atoms with Crippen molar-refractivity contribution in [1.82, 2.24) is 9.38 Å². The second-order valence-corrected chi connectivity index (χ2v) is 4.73. The van der Waals surface area contributed by atoms with Crippen LogP contribution in [0.2, 0.25) is 5.15 Å². The van der Waals surface area contributed by atoms with Crippen molar-refractivity contribution in [3.05, 3.63) is 65.1 Å². The van der Waals surface area contributed by atoms with Crippen LogP contribution < -0.4 is 4.74 Å². The van der Waals surface area contributed by atoms with Crippen LogP contribution in [0.15, 0.2) is 48.7 Å². The highest BCUT2D eigenvalue weighted by molar-refractivity contribution is 6.29. The van der Waals surface area contributed by atoms with Crippen LogP contribution in [0.3, 0.4) is 0 Å². The number of imidazole rings is 1. The zero-order valence-corrected chi connectivity index (χ0v) is 11.3. The Labute approximate surface area is 116 Å². The molecule has 19 heavy (non-hydrogen) atoms. The van der Waals surface area contributed by atoms with Crippen LogP contribution in [0, 0.1) is 6.92 Å². The molecule has 0 unspecified atom stereocenters. The number of hydrogen-bond acceptors (Lipinski definition) is 2. The molecule has 0 atom stereocenters. The van der Waals surface area contributed by atoms with Gasteiger partial charge in [0.25, 0.3) is 0 Å². The minimum absolute atomic E-state index is 0.440. The van der Waals surface area contributed by atoms with Gasteiger partial charge in [-0.05, 0) is 30.7 Å². The van der Waals surface area contributed by atoms with Crippen molar-refractivity contribution < 1.29 is 4.74 Å². The summed E-state index contributed by atoms with van der Waals surface area (Å²) in [5, 5.41) is 0.637. The van der Waals surface area contributed by atoms with Gasteiger partial charge in [0, 0.05) is 0 Å². The minimum Gasteiger partial charge on any atom is -0.487 e. The van der Waals surface area contributed by atoms with Gasteiger partial charge in [-0.1, -0.05) is 35.9 Å². The highest BCUT2D eigenvalue weighted by Gasteiger charge is 2.07. The molecule has 0 fully saturated rings. The number of hydrogen-bond donors (Lipinski definition) is 0. The molecule has 0 radical (unpaired) electrons. The third-order valence-electron chi connectivity index (χ3n) is 3.02. The van der Waals surface area contributed by atoms with Crippen molar-refractivity contribution in [2.75, 3.05) is 0 Å². The van der Waals surface area contributed by atoms with Crippen LogP contribution in [0.5, 0.6) is 5.75 Å². The Kier molecular flexibility index (Phi) is 3.13. The van der Waals surface area contributed by atoms with E-state index in [4.69, 9.17) is 16.3 Å². The number of halogens is 1. The molecule has 0 N–H and O–H groups in total. The summed E-state index contributed by atoms with van der Waals surface area (Å²) in [6, 6.07) is 13.6. The summed E-state index contributed by atoms with van der Waals surface area (Å²) in [6.07, 6.45) is 1.79. The van der Waals surface area contributed by atoms with E-state index in [1.54, 1.807) is 6.20 Å². The van der Waals surface area contributed by atoms with Crippen molar-refractivity contribution in [3.8, 4) is 5.75 Å². The molecule has 3 rings (SSSR count). The third-order valence-corrected chi connectivity index (χ3v) is 3.32. The second kappa shape index (κ2) is 4.94. The van der Waals surface area contributed by atoms with Crippen LogP contribution >= 0.6 is 11.6 Å². The smallest absolute Gasteiger partial charge is 0.138 e. The Morgan fingerprint density at radius 2 is 2.00 bits per heavy atom. The second-order valence-electron chi connectivity index (χ2n) is 4.35. The highest BCUT2D eigenvalue weighted by atomic mass is 35.5. The average molecular weight is 273 g/mol. The summed E-state index contributed by atoms with van der Waals surface area (Å²) < 4.78 is 7.71. The number of fused-ring (bicyclic) bond motifs is 1. The predicted octanol–water partition coefficient (Wildman–Crippen LogP) is 3.88. The van der Waals surface area contributed by atoms with E-state index in [2.05, 4.69) is 4.98 Å². The first kappa shape index (κ1) is 12.1. The molecule has 0 saturated heterocycles. The van der Waals surface area contributed by atoms with E-state index in [0.717, 1.165) is 22.7 Å². The summed E-state index contributed by atoms with van der Waals surface area (Å²) in [5.41, 5.74) is 2.88. The molecule has 0 aliphatic heterocycles. The Balaban J connectivity index is 1.89. The van der Waals surface area contributed by atoms with Gasteiger partial charge in [0.05, 0.1) is 11.9 Å². The molecule has 2 aromatic heterocycles. The first-order chi connectivity index (χ1) is 9.25. The molecular weight excluding hydrogens is 260 g/mol. The Morgan fingerprint density at radius 3 is 2.84 bits per heavy atom. The number of rotatable bonds is 3. The summed E-state index contributed by atoms with van der Waals surface area (Å²) in [4.78, 5) is 4.31. The lowest BCUT2D eigenvalue weighted by atomic mass is 10.2. The lowest BCUT2D eigenvalue weighted by Gasteiger charge is -2.09. The number of benzene rings is 1. The van der Waals surface area contributed by atoms with Gasteiger partial charge in [0.1, 0.15) is 23.2 Å². The van der Waals surface area contributed by atoms with Gasteiger partial charge < -0.3 is 4.74 Å². The van der Waals surface area contributed by atoms with Crippen molar-refractivity contribution in [2.45, 2.75) is 13.5 Å². The van der Waals surface area contributed by atoms with Gasteiger partial charge in [-0.3, -0.25) is 4.40 Å². The largest absolute Gasteiger partial charge is 0.487 e. The highest BCUT2D eigenvalue weighted by Crippen LogP contribution is 2.20. The van der Waals surface area contributed by atoms with Crippen LogP contribution in [0.25, 0.3) is 5.65 Å². The Bertz CT molecular complexity index is 721. The van der Waals surface area contributed by atoms with Crippen molar-refractivity contribution in [1.29, 1.82) is 0 Å². The van der Waals surface area contributed by atoms with Crippen LogP contribution in [-0.4, -0.2) is 9.38 Å². The first-order valence-electron chi connectivity index (χ1n) is 6.05. The molecule has 0 aliphatic rings. The molecule has 0 amide bonds. The summed E-state index contributed by atoms with van der Waals surface area (Å²) in [6.45, 7) is 2.46. The monoisotopic (exact) mass is 272 g/mol. The van der Waals surface area contributed by atoms with Gasteiger partial charge in [-0.25, -0.2) is 4.98 Å². The number of aryl methyl sites for hydroxylation is 1. The molecule has 2 heterocycles. The van der Waals surface area contributed by atoms with Gasteiger partial charge in [0.2, 0.25) is 0 Å². The van der Waals surface area contributed by atoms with Crippen molar-refractivity contribution in [2.24, 2.45) is 0 Å². The van der Waals surface area contributed by atoms with Crippen LogP contribution in [0.4, 0.5) is 0 Å².